The van der Waals surface area contributed by atoms with Crippen molar-refractivity contribution >= 4 is 35.6 Å². The van der Waals surface area contributed by atoms with E-state index in [2.05, 4.69) is 34.0 Å². The highest BCUT2D eigenvalue weighted by Gasteiger charge is 2.19. The minimum absolute atomic E-state index is 0. The van der Waals surface area contributed by atoms with Crippen LogP contribution in [0, 0.1) is 5.82 Å². The van der Waals surface area contributed by atoms with Crippen molar-refractivity contribution in [2.45, 2.75) is 13.3 Å². The Labute approximate surface area is 186 Å². The van der Waals surface area contributed by atoms with Gasteiger partial charge in [-0.05, 0) is 51.2 Å². The Balaban J connectivity index is 0.00000392. The standard InChI is InChI=1S/C20H34FN5O.HI/c1-4-22-20(23-10-5-11-24(2)16-17-27-3)26-14-12-25(13-15-26)19-8-6-18(21)7-9-19;/h6-9H,4-5,10-17H2,1-3H3,(H,22,23);1H. The number of aliphatic imine (C=N–C) groups is 1. The second-order valence-electron chi connectivity index (χ2n) is 6.84. The molecule has 0 unspecified atom stereocenters. The first-order valence-electron chi connectivity index (χ1n) is 9.85. The zero-order chi connectivity index (χ0) is 19.5. The average Bonchev–Trinajstić information content (AvgIpc) is 2.69. The third-order valence-electron chi connectivity index (χ3n) is 4.74. The summed E-state index contributed by atoms with van der Waals surface area (Å²) < 4.78 is 18.2. The fourth-order valence-corrected chi connectivity index (χ4v) is 3.14. The number of methoxy groups -OCH3 is 1. The summed E-state index contributed by atoms with van der Waals surface area (Å²) in [6.07, 6.45) is 1.03. The third kappa shape index (κ3) is 8.48. The first-order chi connectivity index (χ1) is 13.1. The molecule has 1 saturated heterocycles. The minimum Gasteiger partial charge on any atom is -0.383 e. The van der Waals surface area contributed by atoms with Crippen molar-refractivity contribution in [3.05, 3.63) is 30.1 Å². The van der Waals surface area contributed by atoms with Gasteiger partial charge in [-0.2, -0.15) is 0 Å². The Morgan fingerprint density at radius 1 is 1.18 bits per heavy atom. The first kappa shape index (κ1) is 24.9. The average molecular weight is 507 g/mol. The monoisotopic (exact) mass is 507 g/mol. The predicted octanol–water partition coefficient (Wildman–Crippen LogP) is 2.50. The van der Waals surface area contributed by atoms with Crippen molar-refractivity contribution in [3.63, 3.8) is 0 Å². The number of likely N-dealkylation sites (N-methyl/N-ethyl adjacent to an activating group) is 1. The smallest absolute Gasteiger partial charge is 0.194 e. The molecule has 1 N–H and O–H groups in total. The molecule has 1 aliphatic rings. The van der Waals surface area contributed by atoms with Crippen molar-refractivity contribution in [2.75, 3.05) is 78.0 Å². The number of hydrogen-bond donors (Lipinski definition) is 1. The number of nitrogens with zero attached hydrogens (tertiary/aromatic N) is 4. The molecular formula is C20H35FIN5O. The van der Waals surface area contributed by atoms with Crippen molar-refractivity contribution in [3.8, 4) is 0 Å². The fraction of sp³-hybridized carbons (Fsp3) is 0.650. The van der Waals surface area contributed by atoms with E-state index < -0.39 is 0 Å². The first-order valence-corrected chi connectivity index (χ1v) is 9.85. The lowest BCUT2D eigenvalue weighted by Crippen LogP contribution is -2.52. The molecular weight excluding hydrogens is 472 g/mol. The second kappa shape index (κ2) is 13.9. The van der Waals surface area contributed by atoms with Gasteiger partial charge >= 0.3 is 0 Å². The Bertz CT molecular complexity index is 564. The van der Waals surface area contributed by atoms with Crippen molar-refractivity contribution < 1.29 is 9.13 Å². The molecule has 0 atom stereocenters. The number of hydrogen-bond acceptors (Lipinski definition) is 4. The molecule has 160 valence electrons. The Morgan fingerprint density at radius 3 is 2.46 bits per heavy atom. The van der Waals surface area contributed by atoms with Crippen LogP contribution in [0.4, 0.5) is 10.1 Å². The Kier molecular flexibility index (Phi) is 12.4. The summed E-state index contributed by atoms with van der Waals surface area (Å²) in [6, 6.07) is 6.75. The van der Waals surface area contributed by atoms with Crippen LogP contribution in [-0.2, 0) is 4.74 Å². The normalized spacial score (nSPS) is 15.0. The highest BCUT2D eigenvalue weighted by atomic mass is 127. The Hall–Kier alpha value is -1.13. The zero-order valence-corrected chi connectivity index (χ0v) is 19.7. The molecule has 0 bridgehead atoms. The highest BCUT2D eigenvalue weighted by molar-refractivity contribution is 14.0. The lowest BCUT2D eigenvalue weighted by molar-refractivity contribution is 0.161. The minimum atomic E-state index is -0.188. The van der Waals surface area contributed by atoms with Crippen molar-refractivity contribution in [1.29, 1.82) is 0 Å². The molecule has 1 aromatic rings. The molecule has 1 aromatic carbocycles. The number of anilines is 1. The molecule has 0 radical (unpaired) electrons. The predicted molar refractivity (Wildman–Crippen MR) is 126 cm³/mol. The van der Waals surface area contributed by atoms with Crippen LogP contribution < -0.4 is 10.2 Å². The number of nitrogens with one attached hydrogen (secondary N) is 1. The van der Waals surface area contributed by atoms with E-state index in [1.165, 1.54) is 12.1 Å². The quantitative estimate of drug-likeness (QED) is 0.241. The van der Waals surface area contributed by atoms with E-state index in [1.807, 2.05) is 12.1 Å². The van der Waals surface area contributed by atoms with Gasteiger partial charge in [0.25, 0.3) is 0 Å². The van der Waals surface area contributed by atoms with E-state index in [4.69, 9.17) is 9.73 Å². The number of benzene rings is 1. The summed E-state index contributed by atoms with van der Waals surface area (Å²) >= 11 is 0. The summed E-state index contributed by atoms with van der Waals surface area (Å²) in [7, 11) is 3.85. The van der Waals surface area contributed by atoms with E-state index >= 15 is 0 Å². The van der Waals surface area contributed by atoms with Gasteiger partial charge in [0.2, 0.25) is 0 Å². The molecule has 0 aromatic heterocycles. The number of halogens is 2. The topological polar surface area (TPSA) is 43.3 Å². The fourth-order valence-electron chi connectivity index (χ4n) is 3.14. The van der Waals surface area contributed by atoms with E-state index in [9.17, 15) is 4.39 Å². The largest absolute Gasteiger partial charge is 0.383 e. The van der Waals surface area contributed by atoms with Gasteiger partial charge in [-0.3, -0.25) is 4.99 Å². The number of piperazine rings is 1. The van der Waals surface area contributed by atoms with Crippen LogP contribution in [0.15, 0.2) is 29.3 Å². The van der Waals surface area contributed by atoms with Gasteiger partial charge in [0.1, 0.15) is 5.82 Å². The third-order valence-corrected chi connectivity index (χ3v) is 4.74. The van der Waals surface area contributed by atoms with Crippen LogP contribution in [-0.4, -0.2) is 88.9 Å². The van der Waals surface area contributed by atoms with Gasteiger partial charge in [-0.15, -0.1) is 24.0 Å². The summed E-state index contributed by atoms with van der Waals surface area (Å²) in [5.41, 5.74) is 1.08. The maximum atomic E-state index is 13.1. The molecule has 0 amide bonds. The highest BCUT2D eigenvalue weighted by Crippen LogP contribution is 2.17. The van der Waals surface area contributed by atoms with E-state index in [0.29, 0.717) is 0 Å². The molecule has 2 rings (SSSR count). The van der Waals surface area contributed by atoms with E-state index in [-0.39, 0.29) is 29.8 Å². The van der Waals surface area contributed by atoms with Crippen LogP contribution in [0.5, 0.6) is 0 Å². The van der Waals surface area contributed by atoms with Gasteiger partial charge in [0, 0.05) is 58.6 Å². The summed E-state index contributed by atoms with van der Waals surface area (Å²) in [5, 5.41) is 3.41. The lowest BCUT2D eigenvalue weighted by Gasteiger charge is -2.37. The number of guanidine groups is 1. The molecule has 1 heterocycles. The van der Waals surface area contributed by atoms with E-state index in [0.717, 1.165) is 77.0 Å². The van der Waals surface area contributed by atoms with Crippen LogP contribution >= 0.6 is 24.0 Å². The van der Waals surface area contributed by atoms with Gasteiger partial charge in [0.05, 0.1) is 6.61 Å². The van der Waals surface area contributed by atoms with E-state index in [1.54, 1.807) is 7.11 Å². The lowest BCUT2D eigenvalue weighted by atomic mass is 10.2. The van der Waals surface area contributed by atoms with Crippen LogP contribution in [0.2, 0.25) is 0 Å². The molecule has 8 heteroatoms. The van der Waals surface area contributed by atoms with Gasteiger partial charge < -0.3 is 24.8 Å². The summed E-state index contributed by atoms with van der Waals surface area (Å²) in [6.45, 7) is 10.2. The second-order valence-corrected chi connectivity index (χ2v) is 6.84. The molecule has 1 aliphatic heterocycles. The van der Waals surface area contributed by atoms with Crippen molar-refractivity contribution in [1.82, 2.24) is 15.1 Å². The Morgan fingerprint density at radius 2 is 1.86 bits per heavy atom. The number of ether oxygens (including phenoxy) is 1. The zero-order valence-electron chi connectivity index (χ0n) is 17.4. The molecule has 0 saturated carbocycles. The molecule has 0 aliphatic carbocycles. The molecule has 28 heavy (non-hydrogen) atoms. The van der Waals surface area contributed by atoms with Crippen LogP contribution in [0.3, 0.4) is 0 Å². The maximum absolute atomic E-state index is 13.1. The number of rotatable bonds is 9. The van der Waals surface area contributed by atoms with Gasteiger partial charge in [-0.1, -0.05) is 0 Å². The van der Waals surface area contributed by atoms with Gasteiger partial charge in [-0.25, -0.2) is 4.39 Å². The molecule has 0 spiro atoms. The van der Waals surface area contributed by atoms with Gasteiger partial charge in [0.15, 0.2) is 5.96 Å². The van der Waals surface area contributed by atoms with Crippen molar-refractivity contribution in [2.24, 2.45) is 4.99 Å². The summed E-state index contributed by atoms with van der Waals surface area (Å²) in [5.74, 6) is 0.808. The molecule has 6 nitrogen and oxygen atoms in total. The SMILES string of the molecule is CCNC(=NCCCN(C)CCOC)N1CCN(c2ccc(F)cc2)CC1.I. The molecule has 1 fully saturated rings. The maximum Gasteiger partial charge on any atom is 0.194 e. The van der Waals surface area contributed by atoms with Crippen LogP contribution in [0.25, 0.3) is 0 Å². The summed E-state index contributed by atoms with van der Waals surface area (Å²) in [4.78, 5) is 11.7. The van der Waals surface area contributed by atoms with Crippen LogP contribution in [0.1, 0.15) is 13.3 Å².